The van der Waals surface area contributed by atoms with Crippen LogP contribution in [0.1, 0.15) is 17.4 Å². The number of carbonyl (C=O) groups excluding carboxylic acids is 3. The maximum absolute atomic E-state index is 13.3. The quantitative estimate of drug-likeness (QED) is 0.673. The van der Waals surface area contributed by atoms with E-state index in [0.717, 1.165) is 0 Å². The first-order valence-electron chi connectivity index (χ1n) is 10.0. The fourth-order valence-electron chi connectivity index (χ4n) is 3.95. The molecule has 1 aromatic carbocycles. The van der Waals surface area contributed by atoms with E-state index in [0.29, 0.717) is 34.1 Å². The lowest BCUT2D eigenvalue weighted by molar-refractivity contribution is -0.132. The minimum atomic E-state index is -0.734. The molecule has 2 aliphatic rings. The van der Waals surface area contributed by atoms with Crippen LogP contribution in [0.2, 0.25) is 0 Å². The molecule has 2 aromatic rings. The average molecular weight is 440 g/mol. The number of para-hydroxylation sites is 1. The van der Waals surface area contributed by atoms with Gasteiger partial charge in [-0.15, -0.1) is 0 Å². The summed E-state index contributed by atoms with van der Waals surface area (Å²) in [5.74, 6) is 0.879. The number of likely N-dealkylation sites (N-methyl/N-ethyl adjacent to an activating group) is 1. The van der Waals surface area contributed by atoms with Crippen molar-refractivity contribution in [3.05, 3.63) is 59.2 Å². The molecule has 0 saturated heterocycles. The van der Waals surface area contributed by atoms with Gasteiger partial charge in [-0.2, -0.15) is 0 Å². The molecule has 0 saturated carbocycles. The number of carbonyl (C=O) groups is 3. The van der Waals surface area contributed by atoms with Crippen molar-refractivity contribution in [3.8, 4) is 11.5 Å². The van der Waals surface area contributed by atoms with E-state index >= 15 is 0 Å². The molecular formula is C22H24N4O6. The van der Waals surface area contributed by atoms with Crippen molar-refractivity contribution in [2.45, 2.75) is 12.6 Å². The van der Waals surface area contributed by atoms with Gasteiger partial charge in [0.15, 0.2) is 11.5 Å². The Hall–Kier alpha value is -3.95. The predicted molar refractivity (Wildman–Crippen MR) is 113 cm³/mol. The molecular weight excluding hydrogens is 416 g/mol. The molecule has 4 amide bonds. The van der Waals surface area contributed by atoms with Gasteiger partial charge in [0, 0.05) is 12.6 Å². The van der Waals surface area contributed by atoms with E-state index in [1.165, 1.54) is 30.3 Å². The Morgan fingerprint density at radius 1 is 1.22 bits per heavy atom. The fourth-order valence-corrected chi connectivity index (χ4v) is 3.95. The van der Waals surface area contributed by atoms with Crippen molar-refractivity contribution in [3.63, 3.8) is 0 Å². The first kappa shape index (κ1) is 21.3. The molecule has 3 heterocycles. The van der Waals surface area contributed by atoms with E-state index in [1.54, 1.807) is 37.4 Å². The number of rotatable bonds is 7. The van der Waals surface area contributed by atoms with Crippen LogP contribution in [0.3, 0.4) is 0 Å². The second-order valence-electron chi connectivity index (χ2n) is 7.40. The maximum Gasteiger partial charge on any atom is 0.322 e. The van der Waals surface area contributed by atoms with Crippen LogP contribution in [-0.4, -0.2) is 62.0 Å². The lowest BCUT2D eigenvalue weighted by Crippen LogP contribution is -2.45. The van der Waals surface area contributed by atoms with Gasteiger partial charge in [-0.1, -0.05) is 12.1 Å². The van der Waals surface area contributed by atoms with Crippen molar-refractivity contribution in [2.24, 2.45) is 0 Å². The number of furan rings is 1. The molecule has 10 nitrogen and oxygen atoms in total. The summed E-state index contributed by atoms with van der Waals surface area (Å²) in [6.07, 6.45) is 1.52. The minimum absolute atomic E-state index is 0.142. The molecule has 2 N–H and O–H groups in total. The van der Waals surface area contributed by atoms with Crippen molar-refractivity contribution in [2.75, 3.05) is 34.4 Å². The van der Waals surface area contributed by atoms with Gasteiger partial charge < -0.3 is 29.4 Å². The van der Waals surface area contributed by atoms with Crippen molar-refractivity contribution < 1.29 is 28.3 Å². The molecule has 0 spiro atoms. The number of hydrogen-bond acceptors (Lipinski definition) is 6. The number of nitrogens with one attached hydrogen (secondary N) is 2. The molecule has 0 bridgehead atoms. The average Bonchev–Trinajstić information content (AvgIpc) is 3.43. The second-order valence-corrected chi connectivity index (χ2v) is 7.40. The first-order chi connectivity index (χ1) is 15.4. The standard InChI is InChI=1S/C22H24N4O6/c1-25-15-11-26(12-17(27)23-10-13-6-5-9-32-13)21(28)18(15)19(24-22(25)29)14-7-4-8-16(30-2)20(14)31-3/h4-9,19H,10-12H2,1-3H3,(H,23,27)(H,24,29)/t19-/m0/s1. The van der Waals surface area contributed by atoms with Crippen molar-refractivity contribution >= 4 is 17.8 Å². The number of ether oxygens (including phenoxy) is 2. The van der Waals surface area contributed by atoms with Crippen LogP contribution >= 0.6 is 0 Å². The molecule has 0 aliphatic carbocycles. The van der Waals surface area contributed by atoms with Gasteiger partial charge in [0.2, 0.25) is 5.91 Å². The van der Waals surface area contributed by atoms with Crippen LogP contribution in [0.25, 0.3) is 0 Å². The Labute approximate surface area is 184 Å². The van der Waals surface area contributed by atoms with E-state index < -0.39 is 6.04 Å². The Bertz CT molecular complexity index is 1080. The summed E-state index contributed by atoms with van der Waals surface area (Å²) in [6.45, 7) is 0.232. The van der Waals surface area contributed by atoms with Crippen LogP contribution < -0.4 is 20.1 Å². The topological polar surface area (TPSA) is 113 Å². The van der Waals surface area contributed by atoms with Gasteiger partial charge in [0.25, 0.3) is 5.91 Å². The van der Waals surface area contributed by atoms with E-state index in [4.69, 9.17) is 13.9 Å². The molecule has 168 valence electrons. The first-order valence-corrected chi connectivity index (χ1v) is 10.0. The Kier molecular flexibility index (Phi) is 5.76. The second kappa shape index (κ2) is 8.66. The minimum Gasteiger partial charge on any atom is -0.493 e. The summed E-state index contributed by atoms with van der Waals surface area (Å²) < 4.78 is 16.1. The summed E-state index contributed by atoms with van der Waals surface area (Å²) in [4.78, 5) is 41.2. The molecule has 4 rings (SSSR count). The van der Waals surface area contributed by atoms with Crippen LogP contribution in [0, 0.1) is 0 Å². The fraction of sp³-hybridized carbons (Fsp3) is 0.318. The van der Waals surface area contributed by atoms with Gasteiger partial charge in [0.1, 0.15) is 12.3 Å². The molecule has 1 aromatic heterocycles. The van der Waals surface area contributed by atoms with Crippen LogP contribution in [0.4, 0.5) is 4.79 Å². The number of methoxy groups -OCH3 is 2. The number of urea groups is 1. The van der Waals surface area contributed by atoms with Gasteiger partial charge in [-0.25, -0.2) is 4.79 Å². The molecule has 0 radical (unpaired) electrons. The Morgan fingerprint density at radius 2 is 2.03 bits per heavy atom. The van der Waals surface area contributed by atoms with Crippen LogP contribution in [0.5, 0.6) is 11.5 Å². The van der Waals surface area contributed by atoms with Gasteiger partial charge in [-0.3, -0.25) is 14.5 Å². The summed E-state index contributed by atoms with van der Waals surface area (Å²) in [5, 5.41) is 5.59. The van der Waals surface area contributed by atoms with E-state index in [-0.39, 0.29) is 37.5 Å². The highest BCUT2D eigenvalue weighted by Gasteiger charge is 2.44. The monoisotopic (exact) mass is 440 g/mol. The summed E-state index contributed by atoms with van der Waals surface area (Å²) in [5.41, 5.74) is 1.54. The molecule has 2 aliphatic heterocycles. The molecule has 1 atom stereocenters. The van der Waals surface area contributed by atoms with Crippen molar-refractivity contribution in [1.82, 2.24) is 20.4 Å². The third-order valence-electron chi connectivity index (χ3n) is 5.55. The maximum atomic E-state index is 13.3. The van der Waals surface area contributed by atoms with Crippen LogP contribution in [-0.2, 0) is 16.1 Å². The van der Waals surface area contributed by atoms with Gasteiger partial charge in [0.05, 0.1) is 50.9 Å². The zero-order valence-corrected chi connectivity index (χ0v) is 18.0. The third kappa shape index (κ3) is 3.75. The summed E-state index contributed by atoms with van der Waals surface area (Å²) >= 11 is 0. The largest absolute Gasteiger partial charge is 0.493 e. The third-order valence-corrected chi connectivity index (χ3v) is 5.55. The van der Waals surface area contributed by atoms with E-state index in [2.05, 4.69) is 10.6 Å². The smallest absolute Gasteiger partial charge is 0.322 e. The Morgan fingerprint density at radius 3 is 2.72 bits per heavy atom. The molecule has 32 heavy (non-hydrogen) atoms. The van der Waals surface area contributed by atoms with Crippen molar-refractivity contribution in [1.29, 1.82) is 0 Å². The predicted octanol–water partition coefficient (Wildman–Crippen LogP) is 1.41. The van der Waals surface area contributed by atoms with Gasteiger partial charge >= 0.3 is 6.03 Å². The van der Waals surface area contributed by atoms with Crippen LogP contribution in [0.15, 0.2) is 52.3 Å². The normalized spacial score (nSPS) is 17.9. The lowest BCUT2D eigenvalue weighted by Gasteiger charge is -2.31. The lowest BCUT2D eigenvalue weighted by atomic mass is 9.94. The number of benzene rings is 1. The highest BCUT2D eigenvalue weighted by Crippen LogP contribution is 2.42. The number of hydrogen-bond donors (Lipinski definition) is 2. The van der Waals surface area contributed by atoms with Gasteiger partial charge in [-0.05, 0) is 18.2 Å². The molecule has 0 unspecified atom stereocenters. The molecule has 0 fully saturated rings. The summed E-state index contributed by atoms with van der Waals surface area (Å²) in [6, 6.07) is 7.67. The SMILES string of the molecule is COc1cccc([C@@H]2NC(=O)N(C)C3=C2C(=O)N(CC(=O)NCc2ccco2)C3)c1OC. The highest BCUT2D eigenvalue weighted by atomic mass is 16.5. The van der Waals surface area contributed by atoms with E-state index in [1.807, 2.05) is 0 Å². The number of amides is 4. The summed E-state index contributed by atoms with van der Waals surface area (Å²) in [7, 11) is 4.61. The highest BCUT2D eigenvalue weighted by molar-refractivity contribution is 6.03. The number of nitrogens with zero attached hydrogens (tertiary/aromatic N) is 2. The zero-order chi connectivity index (χ0) is 22.8. The molecule has 10 heteroatoms. The Balaban J connectivity index is 1.58. The zero-order valence-electron chi connectivity index (χ0n) is 18.0. The van der Waals surface area contributed by atoms with E-state index in [9.17, 15) is 14.4 Å².